The van der Waals surface area contributed by atoms with Crippen molar-refractivity contribution in [1.29, 1.82) is 0 Å². The zero-order chi connectivity index (χ0) is 12.5. The molecule has 1 aromatic rings. The van der Waals surface area contributed by atoms with Crippen molar-refractivity contribution in [3.63, 3.8) is 0 Å². The molecule has 4 N–H and O–H groups in total. The van der Waals surface area contributed by atoms with Crippen molar-refractivity contribution in [2.45, 2.75) is 45.1 Å². The van der Waals surface area contributed by atoms with E-state index in [0.717, 1.165) is 31.5 Å². The number of imidazole rings is 1. The molecule has 1 rings (SSSR count). The Kier molecular flexibility index (Phi) is 6.32. The van der Waals surface area contributed by atoms with E-state index in [-0.39, 0.29) is 11.9 Å². The van der Waals surface area contributed by atoms with Gasteiger partial charge in [-0.1, -0.05) is 13.3 Å². The van der Waals surface area contributed by atoms with Crippen LogP contribution in [0, 0.1) is 0 Å². The molecule has 0 spiro atoms. The maximum atomic E-state index is 11.7. The summed E-state index contributed by atoms with van der Waals surface area (Å²) in [6, 6.07) is -0.00740. The van der Waals surface area contributed by atoms with Crippen molar-refractivity contribution in [3.05, 3.63) is 18.2 Å². The lowest BCUT2D eigenvalue weighted by Crippen LogP contribution is -2.28. The molecule has 0 aromatic carbocycles. The van der Waals surface area contributed by atoms with Gasteiger partial charge in [-0.3, -0.25) is 4.79 Å². The molecule has 0 aliphatic heterocycles. The zero-order valence-corrected chi connectivity index (χ0v) is 10.4. The van der Waals surface area contributed by atoms with E-state index in [9.17, 15) is 4.79 Å². The van der Waals surface area contributed by atoms with Crippen molar-refractivity contribution in [1.82, 2.24) is 15.3 Å². The van der Waals surface area contributed by atoms with Gasteiger partial charge in [0.15, 0.2) is 0 Å². The van der Waals surface area contributed by atoms with Gasteiger partial charge in [-0.05, 0) is 25.8 Å². The minimum Gasteiger partial charge on any atom is -0.347 e. The molecular formula is C12H22N4O. The number of hydrogen-bond donors (Lipinski definition) is 3. The topological polar surface area (TPSA) is 83.8 Å². The predicted molar refractivity (Wildman–Crippen MR) is 67.3 cm³/mol. The molecule has 0 radical (unpaired) electrons. The van der Waals surface area contributed by atoms with E-state index in [1.807, 2.05) is 6.92 Å². The first-order valence-electron chi connectivity index (χ1n) is 6.26. The maximum absolute atomic E-state index is 11.7. The minimum absolute atomic E-state index is 0.00740. The van der Waals surface area contributed by atoms with Crippen LogP contribution in [0.5, 0.6) is 0 Å². The van der Waals surface area contributed by atoms with E-state index >= 15 is 0 Å². The Morgan fingerprint density at radius 2 is 2.35 bits per heavy atom. The number of carbonyl (C=O) groups excluding carboxylic acids is 1. The van der Waals surface area contributed by atoms with Gasteiger partial charge in [-0.25, -0.2) is 4.98 Å². The lowest BCUT2D eigenvalue weighted by molar-refractivity contribution is -0.122. The van der Waals surface area contributed by atoms with Crippen molar-refractivity contribution in [2.24, 2.45) is 5.73 Å². The number of unbranched alkanes of at least 4 members (excludes halogenated alkanes) is 2. The first-order valence-corrected chi connectivity index (χ1v) is 6.26. The van der Waals surface area contributed by atoms with Crippen molar-refractivity contribution >= 4 is 5.91 Å². The van der Waals surface area contributed by atoms with Crippen molar-refractivity contribution in [2.75, 3.05) is 6.54 Å². The zero-order valence-electron chi connectivity index (χ0n) is 10.4. The van der Waals surface area contributed by atoms with Crippen LogP contribution in [0.25, 0.3) is 0 Å². The summed E-state index contributed by atoms with van der Waals surface area (Å²) in [6.45, 7) is 2.73. The Balaban J connectivity index is 2.28. The van der Waals surface area contributed by atoms with Gasteiger partial charge in [-0.15, -0.1) is 0 Å². The van der Waals surface area contributed by atoms with Crippen LogP contribution in [0.2, 0.25) is 0 Å². The number of H-pyrrole nitrogens is 1. The standard InChI is InChI=1S/C12H22N4O/c1-2-10(12-14-8-9-15-12)16-11(17)6-4-3-5-7-13/h8-10H,2-7,13H2,1H3,(H,14,15)(H,16,17). The minimum atomic E-state index is -0.00740. The van der Waals surface area contributed by atoms with E-state index in [4.69, 9.17) is 5.73 Å². The fraction of sp³-hybridized carbons (Fsp3) is 0.667. The number of hydrogen-bond acceptors (Lipinski definition) is 3. The summed E-state index contributed by atoms with van der Waals surface area (Å²) in [5.41, 5.74) is 5.40. The molecule has 1 atom stereocenters. The molecular weight excluding hydrogens is 216 g/mol. The van der Waals surface area contributed by atoms with Gasteiger partial charge in [0.1, 0.15) is 5.82 Å². The maximum Gasteiger partial charge on any atom is 0.220 e. The van der Waals surface area contributed by atoms with Crippen molar-refractivity contribution in [3.8, 4) is 0 Å². The fourth-order valence-corrected chi connectivity index (χ4v) is 1.70. The molecule has 1 unspecified atom stereocenters. The summed E-state index contributed by atoms with van der Waals surface area (Å²) >= 11 is 0. The monoisotopic (exact) mass is 238 g/mol. The molecule has 96 valence electrons. The number of aromatic nitrogens is 2. The van der Waals surface area contributed by atoms with Crippen LogP contribution in [0.3, 0.4) is 0 Å². The van der Waals surface area contributed by atoms with Crippen LogP contribution in [0.4, 0.5) is 0 Å². The first-order chi connectivity index (χ1) is 8.27. The summed E-state index contributed by atoms with van der Waals surface area (Å²) in [5.74, 6) is 0.910. The Hall–Kier alpha value is -1.36. The second-order valence-corrected chi connectivity index (χ2v) is 4.10. The molecule has 0 fully saturated rings. The quantitative estimate of drug-likeness (QED) is 0.600. The highest BCUT2D eigenvalue weighted by Crippen LogP contribution is 2.11. The molecule has 0 aliphatic carbocycles. The molecule has 5 nitrogen and oxygen atoms in total. The summed E-state index contributed by atoms with van der Waals surface area (Å²) in [4.78, 5) is 18.9. The molecule has 17 heavy (non-hydrogen) atoms. The highest BCUT2D eigenvalue weighted by molar-refractivity contribution is 5.76. The second-order valence-electron chi connectivity index (χ2n) is 4.10. The molecule has 1 amide bonds. The lowest BCUT2D eigenvalue weighted by Gasteiger charge is -2.14. The number of nitrogens with two attached hydrogens (primary N) is 1. The van der Waals surface area contributed by atoms with Gasteiger partial charge in [0, 0.05) is 18.8 Å². The molecule has 0 aliphatic rings. The molecule has 0 saturated carbocycles. The highest BCUT2D eigenvalue weighted by Gasteiger charge is 2.13. The highest BCUT2D eigenvalue weighted by atomic mass is 16.1. The van der Waals surface area contributed by atoms with Gasteiger partial charge in [0.05, 0.1) is 6.04 Å². The van der Waals surface area contributed by atoms with E-state index in [2.05, 4.69) is 15.3 Å². The summed E-state index contributed by atoms with van der Waals surface area (Å²) in [7, 11) is 0. The first kappa shape index (κ1) is 13.7. The van der Waals surface area contributed by atoms with E-state index in [1.54, 1.807) is 12.4 Å². The Morgan fingerprint density at radius 3 is 2.94 bits per heavy atom. The Labute approximate surface area is 102 Å². The van der Waals surface area contributed by atoms with Gasteiger partial charge in [0.2, 0.25) is 5.91 Å². The predicted octanol–water partition coefficient (Wildman–Crippen LogP) is 1.50. The number of nitrogens with one attached hydrogen (secondary N) is 2. The summed E-state index contributed by atoms with van der Waals surface area (Å²) in [6.07, 6.45) is 7.78. The third kappa shape index (κ3) is 4.99. The third-order valence-electron chi connectivity index (χ3n) is 2.70. The number of nitrogens with zero attached hydrogens (tertiary/aromatic N) is 1. The van der Waals surface area contributed by atoms with E-state index in [1.165, 1.54) is 0 Å². The Bertz CT molecular complexity index is 310. The number of rotatable bonds is 8. The third-order valence-corrected chi connectivity index (χ3v) is 2.70. The fourth-order valence-electron chi connectivity index (χ4n) is 1.70. The average Bonchev–Trinajstić information content (AvgIpc) is 2.85. The summed E-state index contributed by atoms with van der Waals surface area (Å²) < 4.78 is 0. The lowest BCUT2D eigenvalue weighted by atomic mass is 10.1. The van der Waals surface area contributed by atoms with Crippen molar-refractivity contribution < 1.29 is 4.79 Å². The van der Waals surface area contributed by atoms with Crippen LogP contribution >= 0.6 is 0 Å². The van der Waals surface area contributed by atoms with Crippen LogP contribution in [0.15, 0.2) is 12.4 Å². The van der Waals surface area contributed by atoms with Gasteiger partial charge >= 0.3 is 0 Å². The summed E-state index contributed by atoms with van der Waals surface area (Å²) in [5, 5.41) is 2.98. The smallest absolute Gasteiger partial charge is 0.220 e. The van der Waals surface area contributed by atoms with Gasteiger partial charge in [0.25, 0.3) is 0 Å². The van der Waals surface area contributed by atoms with E-state index < -0.39 is 0 Å². The van der Waals surface area contributed by atoms with Crippen LogP contribution in [0.1, 0.15) is 50.9 Å². The molecule has 0 bridgehead atoms. The normalized spacial score (nSPS) is 12.4. The number of amides is 1. The van der Waals surface area contributed by atoms with E-state index in [0.29, 0.717) is 13.0 Å². The molecule has 1 heterocycles. The van der Waals surface area contributed by atoms with Gasteiger partial charge < -0.3 is 16.0 Å². The van der Waals surface area contributed by atoms with Crippen LogP contribution in [-0.2, 0) is 4.79 Å². The second kappa shape index (κ2) is 7.84. The number of carbonyl (C=O) groups is 1. The van der Waals surface area contributed by atoms with Crippen LogP contribution < -0.4 is 11.1 Å². The molecule has 1 aromatic heterocycles. The largest absolute Gasteiger partial charge is 0.347 e. The SMILES string of the molecule is CCC(NC(=O)CCCCCN)c1ncc[nH]1. The van der Waals surface area contributed by atoms with Crippen LogP contribution in [-0.4, -0.2) is 22.4 Å². The van der Waals surface area contributed by atoms with Gasteiger partial charge in [-0.2, -0.15) is 0 Å². The molecule has 5 heteroatoms. The average molecular weight is 238 g/mol. The molecule has 0 saturated heterocycles. The Morgan fingerprint density at radius 1 is 1.53 bits per heavy atom. The number of aromatic amines is 1.